The zero-order chi connectivity index (χ0) is 22.3. The van der Waals surface area contributed by atoms with Gasteiger partial charge in [-0.2, -0.15) is 0 Å². The number of benzene rings is 2. The number of nitrogens with zero attached hydrogens (tertiary/aromatic N) is 2. The summed E-state index contributed by atoms with van der Waals surface area (Å²) >= 11 is 0. The Kier molecular flexibility index (Phi) is 7.19. The molecule has 0 bridgehead atoms. The fourth-order valence-electron chi connectivity index (χ4n) is 3.81. The lowest BCUT2D eigenvalue weighted by molar-refractivity contribution is 0.0281. The summed E-state index contributed by atoms with van der Waals surface area (Å²) in [4.78, 5) is 16.6. The van der Waals surface area contributed by atoms with Gasteiger partial charge in [0.25, 0.3) is 5.91 Å². The van der Waals surface area contributed by atoms with Crippen LogP contribution >= 0.6 is 0 Å². The molecule has 0 unspecified atom stereocenters. The van der Waals surface area contributed by atoms with Gasteiger partial charge < -0.3 is 18.8 Å². The van der Waals surface area contributed by atoms with Crippen molar-refractivity contribution in [1.82, 2.24) is 9.80 Å². The maximum Gasteiger partial charge on any atom is 0.289 e. The Bertz CT molecular complexity index is 1050. The Hall–Kier alpha value is -3.16. The molecule has 1 aromatic heterocycles. The van der Waals surface area contributed by atoms with Gasteiger partial charge in [-0.15, -0.1) is 0 Å². The normalized spacial score (nSPS) is 14.0. The summed E-state index contributed by atoms with van der Waals surface area (Å²) in [6.07, 6.45) is 0. The first-order valence-electron chi connectivity index (χ1n) is 10.7. The highest BCUT2D eigenvalue weighted by Gasteiger charge is 2.22. The molecule has 2 heterocycles. The van der Waals surface area contributed by atoms with Crippen molar-refractivity contribution in [1.29, 1.82) is 0 Å². The van der Waals surface area contributed by atoms with Crippen molar-refractivity contribution < 1.29 is 23.1 Å². The number of ether oxygens (including phenoxy) is 2. The number of amides is 1. The minimum Gasteiger partial charge on any atom is -0.497 e. The fourth-order valence-corrected chi connectivity index (χ4v) is 3.81. The van der Waals surface area contributed by atoms with Gasteiger partial charge in [0.2, 0.25) is 0 Å². The van der Waals surface area contributed by atoms with E-state index in [0.29, 0.717) is 57.5 Å². The van der Waals surface area contributed by atoms with Crippen LogP contribution in [0.3, 0.4) is 0 Å². The number of rotatable bonds is 8. The smallest absolute Gasteiger partial charge is 0.289 e. The molecule has 0 aliphatic carbocycles. The second kappa shape index (κ2) is 10.4. The number of carbonyl (C=O) groups excluding carboxylic acids is 1. The van der Waals surface area contributed by atoms with Gasteiger partial charge in [-0.1, -0.05) is 24.3 Å². The van der Waals surface area contributed by atoms with Gasteiger partial charge in [0.05, 0.1) is 26.9 Å². The van der Waals surface area contributed by atoms with E-state index in [-0.39, 0.29) is 11.7 Å². The number of morpholine rings is 1. The molecule has 0 atom stereocenters. The summed E-state index contributed by atoms with van der Waals surface area (Å²) in [6, 6.07) is 18.0. The second-order valence-electron chi connectivity index (χ2n) is 7.80. The molecule has 1 amide bonds. The van der Waals surface area contributed by atoms with Crippen molar-refractivity contribution in [2.75, 3.05) is 33.4 Å². The van der Waals surface area contributed by atoms with Crippen LogP contribution in [0, 0.1) is 5.82 Å². The van der Waals surface area contributed by atoms with Crippen LogP contribution in [0.2, 0.25) is 0 Å². The maximum atomic E-state index is 13.7. The minimum absolute atomic E-state index is 0.121. The zero-order valence-corrected chi connectivity index (χ0v) is 18.1. The van der Waals surface area contributed by atoms with Crippen LogP contribution in [0.15, 0.2) is 65.1 Å². The van der Waals surface area contributed by atoms with Crippen molar-refractivity contribution in [3.8, 4) is 5.75 Å². The second-order valence-corrected chi connectivity index (χ2v) is 7.80. The Labute approximate surface area is 187 Å². The molecule has 1 saturated heterocycles. The van der Waals surface area contributed by atoms with Crippen molar-refractivity contribution in [2.24, 2.45) is 0 Å². The van der Waals surface area contributed by atoms with Crippen LogP contribution in [-0.4, -0.2) is 49.1 Å². The van der Waals surface area contributed by atoms with Crippen LogP contribution < -0.4 is 4.74 Å². The highest BCUT2D eigenvalue weighted by atomic mass is 19.1. The standard InChI is InChI=1S/C25H27FN2O4/c1-30-22-7-3-5-20(15-22)17-27(16-19-4-2-6-21(26)14-19)18-23-8-9-24(32-23)25(29)28-10-12-31-13-11-28/h2-9,14-15H,10-13,16-18H2,1H3. The summed E-state index contributed by atoms with van der Waals surface area (Å²) in [6.45, 7) is 3.84. The first kappa shape index (κ1) is 22.0. The van der Waals surface area contributed by atoms with E-state index in [4.69, 9.17) is 13.9 Å². The summed E-state index contributed by atoms with van der Waals surface area (Å²) in [7, 11) is 1.64. The molecule has 3 aromatic rings. The maximum absolute atomic E-state index is 13.7. The van der Waals surface area contributed by atoms with Gasteiger partial charge >= 0.3 is 0 Å². The summed E-state index contributed by atoms with van der Waals surface area (Å²) < 4.78 is 30.3. The molecule has 7 heteroatoms. The third-order valence-electron chi connectivity index (χ3n) is 5.39. The fraction of sp³-hybridized carbons (Fsp3) is 0.320. The predicted molar refractivity (Wildman–Crippen MR) is 118 cm³/mol. The summed E-state index contributed by atoms with van der Waals surface area (Å²) in [5, 5.41) is 0. The molecule has 2 aromatic carbocycles. The van der Waals surface area contributed by atoms with E-state index in [1.807, 2.05) is 36.4 Å². The lowest BCUT2D eigenvalue weighted by atomic mass is 10.1. The van der Waals surface area contributed by atoms with Gasteiger partial charge in [0, 0.05) is 26.2 Å². The highest BCUT2D eigenvalue weighted by molar-refractivity contribution is 5.91. The Morgan fingerprint density at radius 3 is 2.44 bits per heavy atom. The quantitative estimate of drug-likeness (QED) is 0.530. The van der Waals surface area contributed by atoms with Crippen LogP contribution in [0.1, 0.15) is 27.4 Å². The minimum atomic E-state index is -0.264. The van der Waals surface area contributed by atoms with E-state index in [1.54, 1.807) is 24.1 Å². The molecule has 1 aliphatic heterocycles. The van der Waals surface area contributed by atoms with E-state index in [0.717, 1.165) is 16.9 Å². The van der Waals surface area contributed by atoms with Crippen molar-refractivity contribution in [3.05, 3.63) is 89.1 Å². The number of halogens is 1. The first-order valence-corrected chi connectivity index (χ1v) is 10.7. The molecule has 0 radical (unpaired) electrons. The predicted octanol–water partition coefficient (Wildman–Crippen LogP) is 4.10. The topological polar surface area (TPSA) is 55.2 Å². The van der Waals surface area contributed by atoms with E-state index in [1.165, 1.54) is 12.1 Å². The monoisotopic (exact) mass is 438 g/mol. The van der Waals surface area contributed by atoms with Crippen molar-refractivity contribution in [2.45, 2.75) is 19.6 Å². The molecule has 1 aliphatic rings. The molecule has 0 spiro atoms. The Balaban J connectivity index is 1.50. The highest BCUT2D eigenvalue weighted by Crippen LogP contribution is 2.20. The van der Waals surface area contributed by atoms with E-state index >= 15 is 0 Å². The van der Waals surface area contributed by atoms with E-state index in [2.05, 4.69) is 4.90 Å². The lowest BCUT2D eigenvalue weighted by Crippen LogP contribution is -2.40. The van der Waals surface area contributed by atoms with Gasteiger partial charge in [-0.05, 0) is 47.5 Å². The molecule has 4 rings (SSSR count). The number of carbonyl (C=O) groups is 1. The molecule has 32 heavy (non-hydrogen) atoms. The molecule has 168 valence electrons. The molecule has 0 N–H and O–H groups in total. The van der Waals surface area contributed by atoms with Crippen LogP contribution in [0.4, 0.5) is 4.39 Å². The Morgan fingerprint density at radius 2 is 1.72 bits per heavy atom. The van der Waals surface area contributed by atoms with Crippen molar-refractivity contribution >= 4 is 5.91 Å². The number of methoxy groups -OCH3 is 1. The number of furan rings is 1. The lowest BCUT2D eigenvalue weighted by Gasteiger charge is -2.25. The van der Waals surface area contributed by atoms with Crippen LogP contribution in [0.25, 0.3) is 0 Å². The van der Waals surface area contributed by atoms with Gasteiger partial charge in [-0.25, -0.2) is 4.39 Å². The summed E-state index contributed by atoms with van der Waals surface area (Å²) in [5.41, 5.74) is 1.93. The molecule has 0 saturated carbocycles. The SMILES string of the molecule is COc1cccc(CN(Cc2cccc(F)c2)Cc2ccc(C(=O)N3CCOCC3)o2)c1. The third kappa shape index (κ3) is 5.75. The zero-order valence-electron chi connectivity index (χ0n) is 18.1. The van der Waals surface area contributed by atoms with Crippen LogP contribution in [-0.2, 0) is 24.4 Å². The third-order valence-corrected chi connectivity index (χ3v) is 5.39. The molecular weight excluding hydrogens is 411 g/mol. The molecule has 6 nitrogen and oxygen atoms in total. The van der Waals surface area contributed by atoms with Gasteiger partial charge in [-0.3, -0.25) is 9.69 Å². The average Bonchev–Trinajstić information content (AvgIpc) is 3.27. The van der Waals surface area contributed by atoms with E-state index in [9.17, 15) is 9.18 Å². The largest absolute Gasteiger partial charge is 0.497 e. The van der Waals surface area contributed by atoms with Crippen LogP contribution in [0.5, 0.6) is 5.75 Å². The van der Waals surface area contributed by atoms with Crippen molar-refractivity contribution in [3.63, 3.8) is 0 Å². The number of hydrogen-bond acceptors (Lipinski definition) is 5. The average molecular weight is 438 g/mol. The van der Waals surface area contributed by atoms with Gasteiger partial charge in [0.15, 0.2) is 5.76 Å². The molecule has 1 fully saturated rings. The summed E-state index contributed by atoms with van der Waals surface area (Å²) in [5.74, 6) is 1.41. The molecular formula is C25H27FN2O4. The van der Waals surface area contributed by atoms with Gasteiger partial charge in [0.1, 0.15) is 17.3 Å². The number of hydrogen-bond donors (Lipinski definition) is 0. The van der Waals surface area contributed by atoms with E-state index < -0.39 is 0 Å². The first-order chi connectivity index (χ1) is 15.6. The Morgan fingerprint density at radius 1 is 1.00 bits per heavy atom.